The van der Waals surface area contributed by atoms with Gasteiger partial charge < -0.3 is 14.9 Å². The average Bonchev–Trinajstić information content (AvgIpc) is 3.84. The second-order valence-electron chi connectivity index (χ2n) is 29.9. The predicted octanol–water partition coefficient (Wildman–Crippen LogP) is 20.4. The molecule has 6 atom stereocenters. The fourth-order valence-electron chi connectivity index (χ4n) is 10.1. The van der Waals surface area contributed by atoms with Gasteiger partial charge in [0.25, 0.3) is 0 Å². The Hall–Kier alpha value is -0.750. The zero-order valence-corrected chi connectivity index (χ0v) is 60.2. The van der Waals surface area contributed by atoms with Crippen LogP contribution in [-0.4, -0.2) is 90.2 Å². The maximum atomic E-state index is 11.1. The average molecular weight is 1160 g/mol. The van der Waals surface area contributed by atoms with Gasteiger partial charge in [0.05, 0.1) is 5.75 Å². The molecule has 0 saturated heterocycles. The third-order valence-electron chi connectivity index (χ3n) is 16.5. The topological polar surface area (TPSA) is 138 Å². The Morgan fingerprint density at radius 1 is 0.481 bits per heavy atom. The van der Waals surface area contributed by atoms with Crippen molar-refractivity contribution in [3.63, 3.8) is 0 Å². The molecule has 0 amide bonds. The van der Waals surface area contributed by atoms with Gasteiger partial charge >= 0.3 is 0 Å². The van der Waals surface area contributed by atoms with Crippen molar-refractivity contribution in [2.45, 2.75) is 314 Å². The molecule has 480 valence electrons. The summed E-state index contributed by atoms with van der Waals surface area (Å²) in [4.78, 5) is 0. The summed E-state index contributed by atoms with van der Waals surface area (Å²) >= 11 is 1.98. The summed E-state index contributed by atoms with van der Waals surface area (Å²) < 4.78 is 27.4. The molecular weight excluding hydrogens is 1020 g/mol. The number of hydrogen-bond donors (Lipinski definition) is 3. The summed E-state index contributed by atoms with van der Waals surface area (Å²) in [5.41, 5.74) is 2.17. The smallest absolute Gasteiger partial charge is 0.174 e. The maximum absolute atomic E-state index is 11.1. The highest BCUT2D eigenvalue weighted by molar-refractivity contribution is 7.98. The molecule has 1 rings (SSSR count). The van der Waals surface area contributed by atoms with Crippen LogP contribution in [0.2, 0.25) is 0 Å². The number of aromatic nitrogens is 4. The van der Waals surface area contributed by atoms with Crippen LogP contribution in [0.3, 0.4) is 0 Å². The number of thioether (sulfide) groups is 1. The number of nitrogens with one attached hydrogen (secondary N) is 1. The zero-order chi connectivity index (χ0) is 62.6. The number of ether oxygens (including phenoxy) is 1. The number of tetrazole rings is 1. The number of aliphatic hydroxyl groups is 2. The molecule has 11 heteroatoms. The number of methoxy groups -OCH3 is 1. The molecule has 9 nitrogen and oxygen atoms in total. The van der Waals surface area contributed by atoms with Gasteiger partial charge in [0, 0.05) is 39.6 Å². The molecule has 1 heterocycles. The summed E-state index contributed by atoms with van der Waals surface area (Å²) in [5.74, 6) is 6.64. The van der Waals surface area contributed by atoms with Crippen LogP contribution in [0, 0.1) is 68.0 Å². The summed E-state index contributed by atoms with van der Waals surface area (Å²) in [6, 6.07) is 0. The van der Waals surface area contributed by atoms with E-state index in [0.29, 0.717) is 58.4 Å². The van der Waals surface area contributed by atoms with Crippen molar-refractivity contribution in [3.8, 4) is 0 Å². The Kier molecular flexibility index (Phi) is 53.4. The van der Waals surface area contributed by atoms with E-state index >= 15 is 0 Å². The van der Waals surface area contributed by atoms with Crippen LogP contribution in [0.25, 0.3) is 0 Å². The standard InChI is InChI=1S/C12H24N4.C12H26O2S.C12H26O.C12H26S.C11H24O.C9H20O/c1-5-6-7-10(12(2,3)4)8-9-11-13-15-16-14-11;1-6-7-8-11(12(2,3)4)9-10-15(5,13)14;2*1-6-7-8-11(9-10-13-5)12(2,3)4;1-5-6-7-10(8-9-12)11(2,3)4;1-5-6-8(7-10)9(2,3)4/h10H,5-9H2,1-4H3,(H,13,14,15,16);11H,6-10H2,1-5H3;2*11H,6-10H2,1-5H3;10,12H,5-9H2,1-4H3;8,10H,5-7H2,1-4H3/t10-;3*11-;10-;8-/m000000/s1. The predicted molar refractivity (Wildman–Crippen MR) is 355 cm³/mol. The summed E-state index contributed by atoms with van der Waals surface area (Å²) in [6.07, 6.45) is 31.7. The molecule has 0 fully saturated rings. The normalized spacial score (nSPS) is 14.7. The Morgan fingerprint density at radius 2 is 0.823 bits per heavy atom. The number of hydrogen-bond acceptors (Lipinski definition) is 9. The van der Waals surface area contributed by atoms with Gasteiger partial charge in [-0.15, -0.1) is 10.2 Å². The molecule has 0 saturated carbocycles. The van der Waals surface area contributed by atoms with Gasteiger partial charge in [0.15, 0.2) is 5.82 Å². The van der Waals surface area contributed by atoms with Gasteiger partial charge in [-0.1, -0.05) is 242 Å². The number of unbranched alkanes of at least 4 members (excludes halogenated alkanes) is 5. The van der Waals surface area contributed by atoms with Crippen LogP contribution >= 0.6 is 11.8 Å². The highest BCUT2D eigenvalue weighted by Gasteiger charge is 2.28. The van der Waals surface area contributed by atoms with E-state index in [9.17, 15) is 8.42 Å². The minimum absolute atomic E-state index is 0.222. The molecule has 1 aromatic heterocycles. The lowest BCUT2D eigenvalue weighted by Gasteiger charge is -2.30. The molecule has 0 unspecified atom stereocenters. The first-order valence-corrected chi connectivity index (χ1v) is 35.8. The van der Waals surface area contributed by atoms with Crippen molar-refractivity contribution in [2.75, 3.05) is 50.9 Å². The van der Waals surface area contributed by atoms with E-state index in [2.05, 4.69) is 193 Å². The van der Waals surface area contributed by atoms with Crippen molar-refractivity contribution in [1.29, 1.82) is 0 Å². The van der Waals surface area contributed by atoms with E-state index in [0.717, 1.165) is 68.7 Å². The van der Waals surface area contributed by atoms with Crippen molar-refractivity contribution >= 4 is 21.6 Å². The number of aromatic amines is 1. The third kappa shape index (κ3) is 54.9. The van der Waals surface area contributed by atoms with Gasteiger partial charge in [0.2, 0.25) is 0 Å². The van der Waals surface area contributed by atoms with Crippen molar-refractivity contribution in [3.05, 3.63) is 5.82 Å². The van der Waals surface area contributed by atoms with E-state index < -0.39 is 9.84 Å². The van der Waals surface area contributed by atoms with Crippen LogP contribution in [0.1, 0.15) is 313 Å². The van der Waals surface area contributed by atoms with Gasteiger partial charge in [-0.25, -0.2) is 8.42 Å². The number of aliphatic hydroxyl groups excluding tert-OH is 2. The molecule has 0 aliphatic heterocycles. The van der Waals surface area contributed by atoms with Crippen molar-refractivity contribution in [1.82, 2.24) is 20.6 Å². The van der Waals surface area contributed by atoms with E-state index in [-0.39, 0.29) is 10.8 Å². The molecule has 0 aromatic carbocycles. The Bertz CT molecular complexity index is 1480. The first-order valence-electron chi connectivity index (χ1n) is 32.4. The lowest BCUT2D eigenvalue weighted by molar-refractivity contribution is 0.122. The lowest BCUT2D eigenvalue weighted by Crippen LogP contribution is -2.23. The molecule has 0 aliphatic carbocycles. The summed E-state index contributed by atoms with van der Waals surface area (Å²) in [6.45, 7) is 56.0. The first-order chi connectivity index (χ1) is 36.3. The van der Waals surface area contributed by atoms with Crippen molar-refractivity contribution < 1.29 is 23.4 Å². The van der Waals surface area contributed by atoms with Crippen LogP contribution in [-0.2, 0) is 21.0 Å². The van der Waals surface area contributed by atoms with Crippen LogP contribution in [0.5, 0.6) is 0 Å². The zero-order valence-electron chi connectivity index (χ0n) is 58.5. The highest BCUT2D eigenvalue weighted by atomic mass is 32.2. The summed E-state index contributed by atoms with van der Waals surface area (Å²) in [7, 11) is -1.01. The lowest BCUT2D eigenvalue weighted by atomic mass is 9.75. The number of aryl methyl sites for hydroxylation is 1. The molecule has 3 N–H and O–H groups in total. The Balaban J connectivity index is -0.000000279. The Labute approximate surface area is 501 Å². The maximum Gasteiger partial charge on any atom is 0.174 e. The quantitative estimate of drug-likeness (QED) is 0.0644. The number of sulfone groups is 1. The molecule has 0 aliphatic rings. The highest BCUT2D eigenvalue weighted by Crippen LogP contribution is 2.37. The fraction of sp³-hybridized carbons (Fsp3) is 0.985. The SMILES string of the molecule is CCCC[C@@H](CCO)C(C)(C)C.CCCC[C@@H](CCOC)C(C)(C)C.CCCC[C@@H](CCS(C)(=O)=O)C(C)(C)C.CCCC[C@@H](CCSC)C(C)(C)C.CCCC[C@@H](CCc1nn[nH]n1)C(C)(C)C.CCC[C@@H](CO)C(C)(C)C. The molecular formula is C68H146N4O5S2. The van der Waals surface area contributed by atoms with Crippen LogP contribution < -0.4 is 0 Å². The van der Waals surface area contributed by atoms with Crippen molar-refractivity contribution in [2.24, 2.45) is 68.0 Å². The van der Waals surface area contributed by atoms with E-state index in [4.69, 9.17) is 14.9 Å². The third-order valence-corrected chi connectivity index (χ3v) is 18.1. The van der Waals surface area contributed by atoms with Gasteiger partial charge in [-0.05, 0) is 151 Å². The molecule has 79 heavy (non-hydrogen) atoms. The number of nitrogens with zero attached hydrogens (tertiary/aromatic N) is 3. The summed E-state index contributed by atoms with van der Waals surface area (Å²) in [5, 5.41) is 32.0. The monoisotopic (exact) mass is 1160 g/mol. The van der Waals surface area contributed by atoms with Gasteiger partial charge in [0.1, 0.15) is 9.84 Å². The van der Waals surface area contributed by atoms with Crippen LogP contribution in [0.4, 0.5) is 0 Å². The second kappa shape index (κ2) is 48.5. The number of rotatable bonds is 32. The molecule has 0 radical (unpaired) electrons. The van der Waals surface area contributed by atoms with Crippen LogP contribution in [0.15, 0.2) is 0 Å². The van der Waals surface area contributed by atoms with E-state index in [1.54, 1.807) is 7.11 Å². The van der Waals surface area contributed by atoms with Gasteiger partial charge in [-0.3, -0.25) is 0 Å². The molecule has 0 bridgehead atoms. The largest absolute Gasteiger partial charge is 0.396 e. The minimum atomic E-state index is -2.80. The Morgan fingerprint density at radius 3 is 1.08 bits per heavy atom. The minimum Gasteiger partial charge on any atom is -0.396 e. The molecule has 0 spiro atoms. The second-order valence-corrected chi connectivity index (χ2v) is 33.2. The first kappa shape index (κ1) is 87.0. The fourth-order valence-corrected chi connectivity index (χ4v) is 11.3. The van der Waals surface area contributed by atoms with Gasteiger partial charge in [-0.2, -0.15) is 17.0 Å². The van der Waals surface area contributed by atoms with E-state index in [1.165, 1.54) is 121 Å². The van der Waals surface area contributed by atoms with E-state index in [1.807, 2.05) is 11.8 Å². The molecule has 1 aromatic rings. The number of H-pyrrole nitrogens is 1.